The molecule has 110 valence electrons. The highest BCUT2D eigenvalue weighted by Gasteiger charge is 2.19. The molecule has 7 nitrogen and oxygen atoms in total. The van der Waals surface area contributed by atoms with Crippen molar-refractivity contribution in [1.82, 2.24) is 20.3 Å². The molecule has 0 radical (unpaired) electrons. The number of aromatic carboxylic acids is 1. The Labute approximate surface area is 117 Å². The summed E-state index contributed by atoms with van der Waals surface area (Å²) in [5, 5.41) is 18.7. The molecule has 1 saturated carbocycles. The van der Waals surface area contributed by atoms with Gasteiger partial charge in [0.2, 0.25) is 5.91 Å². The van der Waals surface area contributed by atoms with Crippen molar-refractivity contribution in [3.8, 4) is 0 Å². The van der Waals surface area contributed by atoms with Gasteiger partial charge >= 0.3 is 5.97 Å². The molecule has 1 aliphatic rings. The Kier molecular flexibility index (Phi) is 4.70. The highest BCUT2D eigenvalue weighted by Crippen LogP contribution is 2.27. The minimum absolute atomic E-state index is 0.00253. The van der Waals surface area contributed by atoms with Crippen LogP contribution in [-0.4, -0.2) is 38.5 Å². The number of nitrogens with zero attached hydrogens (tertiary/aromatic N) is 3. The maximum absolute atomic E-state index is 11.8. The number of carbonyl (C=O) groups excluding carboxylic acids is 1. The number of carboxylic acids is 1. The van der Waals surface area contributed by atoms with Crippen molar-refractivity contribution in [2.75, 3.05) is 6.54 Å². The summed E-state index contributed by atoms with van der Waals surface area (Å²) < 4.78 is 1.24. The average molecular weight is 280 g/mol. The van der Waals surface area contributed by atoms with E-state index in [4.69, 9.17) is 5.11 Å². The third-order valence-electron chi connectivity index (χ3n) is 3.70. The molecule has 0 saturated heterocycles. The molecule has 1 heterocycles. The predicted octanol–water partition coefficient (Wildman–Crippen LogP) is 0.919. The summed E-state index contributed by atoms with van der Waals surface area (Å²) in [6.45, 7) is 2.93. The summed E-state index contributed by atoms with van der Waals surface area (Å²) in [5.74, 6) is -0.0231. The molecule has 2 atom stereocenters. The summed E-state index contributed by atoms with van der Waals surface area (Å²) in [6, 6.07) is 0. The maximum Gasteiger partial charge on any atom is 0.358 e. The van der Waals surface area contributed by atoms with Crippen molar-refractivity contribution in [2.45, 2.75) is 39.2 Å². The van der Waals surface area contributed by atoms with Gasteiger partial charge in [0.15, 0.2) is 5.69 Å². The predicted molar refractivity (Wildman–Crippen MR) is 71.1 cm³/mol. The molecule has 2 unspecified atom stereocenters. The van der Waals surface area contributed by atoms with Gasteiger partial charge < -0.3 is 10.4 Å². The monoisotopic (exact) mass is 280 g/mol. The van der Waals surface area contributed by atoms with Crippen molar-refractivity contribution >= 4 is 11.9 Å². The van der Waals surface area contributed by atoms with Crippen LogP contribution in [0.4, 0.5) is 0 Å². The Morgan fingerprint density at radius 1 is 1.50 bits per heavy atom. The lowest BCUT2D eigenvalue weighted by atomic mass is 9.82. The molecule has 0 spiro atoms. The molecular weight excluding hydrogens is 260 g/mol. The Bertz CT molecular complexity index is 486. The molecule has 0 aromatic carbocycles. The third kappa shape index (κ3) is 4.04. The molecule has 1 aromatic heterocycles. The topological polar surface area (TPSA) is 97.1 Å². The van der Waals surface area contributed by atoms with Gasteiger partial charge in [-0.25, -0.2) is 9.48 Å². The summed E-state index contributed by atoms with van der Waals surface area (Å²) >= 11 is 0. The molecule has 0 aliphatic heterocycles. The third-order valence-corrected chi connectivity index (χ3v) is 3.70. The lowest BCUT2D eigenvalue weighted by Gasteiger charge is -2.26. The molecule has 1 aromatic rings. The van der Waals surface area contributed by atoms with Gasteiger partial charge in [-0.15, -0.1) is 5.10 Å². The van der Waals surface area contributed by atoms with Gasteiger partial charge in [0, 0.05) is 6.54 Å². The van der Waals surface area contributed by atoms with Crippen LogP contribution >= 0.6 is 0 Å². The maximum atomic E-state index is 11.8. The number of aromatic nitrogens is 3. The first-order chi connectivity index (χ1) is 9.54. The van der Waals surface area contributed by atoms with E-state index in [0.29, 0.717) is 12.5 Å². The van der Waals surface area contributed by atoms with E-state index in [0.717, 1.165) is 18.8 Å². The van der Waals surface area contributed by atoms with E-state index in [-0.39, 0.29) is 18.1 Å². The smallest absolute Gasteiger partial charge is 0.358 e. The van der Waals surface area contributed by atoms with Crippen LogP contribution in [0, 0.1) is 11.8 Å². The van der Waals surface area contributed by atoms with E-state index in [1.807, 2.05) is 0 Å². The first-order valence-electron chi connectivity index (χ1n) is 6.94. The zero-order chi connectivity index (χ0) is 14.5. The second-order valence-electron chi connectivity index (χ2n) is 5.55. The van der Waals surface area contributed by atoms with Gasteiger partial charge in [-0.2, -0.15) is 0 Å². The number of carboxylic acid groups (broad SMARTS) is 1. The van der Waals surface area contributed by atoms with Crippen molar-refractivity contribution in [2.24, 2.45) is 11.8 Å². The molecular formula is C13H20N4O3. The molecule has 2 rings (SSSR count). The summed E-state index contributed by atoms with van der Waals surface area (Å²) in [7, 11) is 0. The van der Waals surface area contributed by atoms with Gasteiger partial charge in [-0.1, -0.05) is 25.0 Å². The zero-order valence-corrected chi connectivity index (χ0v) is 11.6. The minimum atomic E-state index is -1.15. The van der Waals surface area contributed by atoms with Crippen molar-refractivity contribution in [3.63, 3.8) is 0 Å². The second kappa shape index (κ2) is 6.49. The van der Waals surface area contributed by atoms with Crippen LogP contribution in [0.25, 0.3) is 0 Å². The highest BCUT2D eigenvalue weighted by atomic mass is 16.4. The van der Waals surface area contributed by atoms with E-state index in [2.05, 4.69) is 22.6 Å². The number of rotatable bonds is 5. The van der Waals surface area contributed by atoms with Crippen molar-refractivity contribution < 1.29 is 14.7 Å². The van der Waals surface area contributed by atoms with Crippen LogP contribution in [0.15, 0.2) is 6.20 Å². The average Bonchev–Trinajstić information content (AvgIpc) is 2.85. The highest BCUT2D eigenvalue weighted by molar-refractivity contribution is 5.84. The fourth-order valence-corrected chi connectivity index (χ4v) is 2.68. The second-order valence-corrected chi connectivity index (χ2v) is 5.55. The number of nitrogens with one attached hydrogen (secondary N) is 1. The molecule has 7 heteroatoms. The number of hydrogen-bond donors (Lipinski definition) is 2. The van der Waals surface area contributed by atoms with Crippen LogP contribution in [0.5, 0.6) is 0 Å². The lowest BCUT2D eigenvalue weighted by molar-refractivity contribution is -0.122. The largest absolute Gasteiger partial charge is 0.476 e. The van der Waals surface area contributed by atoms with Crippen molar-refractivity contribution in [3.05, 3.63) is 11.9 Å². The van der Waals surface area contributed by atoms with Gasteiger partial charge in [0.1, 0.15) is 6.54 Å². The SMILES string of the molecule is CC1CCCC(CNC(=O)Cn2cc(C(=O)O)nn2)C1. The van der Waals surface area contributed by atoms with E-state index >= 15 is 0 Å². The fraction of sp³-hybridized carbons (Fsp3) is 0.692. The zero-order valence-electron chi connectivity index (χ0n) is 11.6. The molecule has 1 amide bonds. The molecule has 1 fully saturated rings. The van der Waals surface area contributed by atoms with E-state index in [1.54, 1.807) is 0 Å². The van der Waals surface area contributed by atoms with E-state index < -0.39 is 5.97 Å². The standard InChI is InChI=1S/C13H20N4O3/c1-9-3-2-4-10(5-9)6-14-12(18)8-17-7-11(13(19)20)15-16-17/h7,9-10H,2-6,8H2,1H3,(H,14,18)(H,19,20). The lowest BCUT2D eigenvalue weighted by Crippen LogP contribution is -2.33. The Morgan fingerprint density at radius 2 is 2.30 bits per heavy atom. The summed E-state index contributed by atoms with van der Waals surface area (Å²) in [4.78, 5) is 22.4. The van der Waals surface area contributed by atoms with Gasteiger partial charge in [-0.05, 0) is 24.7 Å². The molecule has 2 N–H and O–H groups in total. The Hall–Kier alpha value is -1.92. The minimum Gasteiger partial charge on any atom is -0.476 e. The van der Waals surface area contributed by atoms with Gasteiger partial charge in [0.05, 0.1) is 6.20 Å². The van der Waals surface area contributed by atoms with Gasteiger partial charge in [-0.3, -0.25) is 4.79 Å². The normalized spacial score (nSPS) is 22.4. The van der Waals surface area contributed by atoms with Gasteiger partial charge in [0.25, 0.3) is 0 Å². The summed E-state index contributed by atoms with van der Waals surface area (Å²) in [5.41, 5.74) is -0.154. The van der Waals surface area contributed by atoms with Crippen LogP contribution in [0.1, 0.15) is 43.1 Å². The van der Waals surface area contributed by atoms with Crippen molar-refractivity contribution in [1.29, 1.82) is 0 Å². The van der Waals surface area contributed by atoms with Crippen LogP contribution < -0.4 is 5.32 Å². The Morgan fingerprint density at radius 3 is 2.95 bits per heavy atom. The van der Waals surface area contributed by atoms with Crippen LogP contribution in [0.2, 0.25) is 0 Å². The first-order valence-corrected chi connectivity index (χ1v) is 6.94. The molecule has 1 aliphatic carbocycles. The Balaban J connectivity index is 1.75. The fourth-order valence-electron chi connectivity index (χ4n) is 2.68. The summed E-state index contributed by atoms with van der Waals surface area (Å²) in [6.07, 6.45) is 6.09. The van der Waals surface area contributed by atoms with E-state index in [1.165, 1.54) is 23.7 Å². The molecule has 0 bridgehead atoms. The number of hydrogen-bond acceptors (Lipinski definition) is 4. The first kappa shape index (κ1) is 14.5. The quantitative estimate of drug-likeness (QED) is 0.836. The number of amides is 1. The number of carbonyl (C=O) groups is 2. The molecule has 20 heavy (non-hydrogen) atoms. The van der Waals surface area contributed by atoms with Crippen LogP contribution in [-0.2, 0) is 11.3 Å². The van der Waals surface area contributed by atoms with Crippen LogP contribution in [0.3, 0.4) is 0 Å². The van der Waals surface area contributed by atoms with E-state index in [9.17, 15) is 9.59 Å².